The Bertz CT molecular complexity index is 649. The van der Waals surface area contributed by atoms with Crippen LogP contribution in [0, 0.1) is 0 Å². The van der Waals surface area contributed by atoms with Gasteiger partial charge in [-0.3, -0.25) is 5.43 Å². The second kappa shape index (κ2) is 6.51. The minimum absolute atomic E-state index is 0.0958. The van der Waals surface area contributed by atoms with E-state index in [4.69, 9.17) is 14.4 Å². The van der Waals surface area contributed by atoms with E-state index >= 15 is 0 Å². The summed E-state index contributed by atoms with van der Waals surface area (Å²) in [5, 5.41) is 8.48. The van der Waals surface area contributed by atoms with Gasteiger partial charge in [-0.1, -0.05) is 12.1 Å². The third kappa shape index (κ3) is 4.25. The van der Waals surface area contributed by atoms with Crippen LogP contribution in [0.25, 0.3) is 0 Å². The summed E-state index contributed by atoms with van der Waals surface area (Å²) < 4.78 is 51.6. The van der Waals surface area contributed by atoms with Crippen molar-refractivity contribution >= 4 is 18.7 Å². The van der Waals surface area contributed by atoms with E-state index in [1.807, 2.05) is 33.1 Å². The van der Waals surface area contributed by atoms with Gasteiger partial charge in [0.2, 0.25) is 0 Å². The van der Waals surface area contributed by atoms with Crippen LogP contribution in [0.4, 0.5) is 18.0 Å². The Morgan fingerprint density at radius 3 is 2.24 bits per heavy atom. The zero-order valence-electron chi connectivity index (χ0n) is 14.3. The van der Waals surface area contributed by atoms with Gasteiger partial charge < -0.3 is 14.4 Å². The standard InChI is InChI=1S/C15H20BF3N2O4/c1-13(2)14(3,4)25-16(24-13)10-6-5-9(8-20-21-12(22)23)11(7-10)15(17,18)19/h5-7,20-21H,8H2,1-4H3,(H,22,23). The van der Waals surface area contributed by atoms with E-state index in [1.54, 1.807) is 0 Å². The highest BCUT2D eigenvalue weighted by atomic mass is 19.4. The molecule has 1 heterocycles. The van der Waals surface area contributed by atoms with Crippen LogP contribution < -0.4 is 16.3 Å². The van der Waals surface area contributed by atoms with Gasteiger partial charge in [-0.25, -0.2) is 10.2 Å². The summed E-state index contributed by atoms with van der Waals surface area (Å²) in [7, 11) is -0.912. The summed E-state index contributed by atoms with van der Waals surface area (Å²) in [6, 6.07) is 3.73. The molecule has 1 saturated heterocycles. The molecule has 6 nitrogen and oxygen atoms in total. The Balaban J connectivity index is 2.29. The number of hydrogen-bond acceptors (Lipinski definition) is 4. The Morgan fingerprint density at radius 2 is 1.76 bits per heavy atom. The maximum atomic E-state index is 13.4. The van der Waals surface area contributed by atoms with Crippen molar-refractivity contribution in [1.29, 1.82) is 0 Å². The first-order valence-corrected chi connectivity index (χ1v) is 7.61. The minimum atomic E-state index is -4.60. The molecule has 1 aliphatic heterocycles. The van der Waals surface area contributed by atoms with Gasteiger partial charge in [-0.15, -0.1) is 0 Å². The molecule has 1 fully saturated rings. The molecule has 1 aliphatic rings. The molecule has 138 valence electrons. The van der Waals surface area contributed by atoms with Crippen LogP contribution in [0.1, 0.15) is 38.8 Å². The fourth-order valence-electron chi connectivity index (χ4n) is 2.35. The number of benzene rings is 1. The van der Waals surface area contributed by atoms with Crippen molar-refractivity contribution in [3.05, 3.63) is 29.3 Å². The summed E-state index contributed by atoms with van der Waals surface area (Å²) in [6.45, 7) is 6.94. The molecule has 0 aliphatic carbocycles. The molecule has 0 saturated carbocycles. The first-order chi connectivity index (χ1) is 11.3. The second-order valence-electron chi connectivity index (χ2n) is 6.79. The predicted octanol–water partition coefficient (Wildman–Crippen LogP) is 2.28. The Morgan fingerprint density at radius 1 is 1.20 bits per heavy atom. The van der Waals surface area contributed by atoms with Crippen molar-refractivity contribution in [2.45, 2.75) is 51.6 Å². The quantitative estimate of drug-likeness (QED) is 0.567. The van der Waals surface area contributed by atoms with E-state index in [0.29, 0.717) is 0 Å². The van der Waals surface area contributed by atoms with Crippen molar-refractivity contribution in [2.75, 3.05) is 0 Å². The maximum Gasteiger partial charge on any atom is 0.494 e. The molecule has 25 heavy (non-hydrogen) atoms. The normalized spacial score (nSPS) is 19.1. The van der Waals surface area contributed by atoms with Gasteiger partial charge in [0.1, 0.15) is 0 Å². The molecule has 0 atom stereocenters. The average molecular weight is 360 g/mol. The van der Waals surface area contributed by atoms with Crippen LogP contribution in [0.3, 0.4) is 0 Å². The van der Waals surface area contributed by atoms with Crippen molar-refractivity contribution < 1.29 is 32.4 Å². The molecule has 0 unspecified atom stereocenters. The van der Waals surface area contributed by atoms with E-state index in [-0.39, 0.29) is 17.6 Å². The number of alkyl halides is 3. The Hall–Kier alpha value is -1.78. The zero-order valence-corrected chi connectivity index (χ0v) is 14.3. The molecule has 10 heteroatoms. The average Bonchev–Trinajstić information content (AvgIpc) is 2.66. The third-order valence-corrected chi connectivity index (χ3v) is 4.44. The highest BCUT2D eigenvalue weighted by Crippen LogP contribution is 2.37. The molecule has 2 rings (SSSR count). The second-order valence-corrected chi connectivity index (χ2v) is 6.79. The van der Waals surface area contributed by atoms with Crippen LogP contribution >= 0.6 is 0 Å². The lowest BCUT2D eigenvalue weighted by Crippen LogP contribution is -2.41. The monoisotopic (exact) mass is 360 g/mol. The molecule has 1 aromatic rings. The van der Waals surface area contributed by atoms with Crippen LogP contribution in [0.15, 0.2) is 18.2 Å². The van der Waals surface area contributed by atoms with Crippen molar-refractivity contribution in [1.82, 2.24) is 10.9 Å². The number of nitrogens with one attached hydrogen (secondary N) is 2. The minimum Gasteiger partial charge on any atom is -0.464 e. The lowest BCUT2D eigenvalue weighted by atomic mass is 9.77. The summed E-state index contributed by atoms with van der Waals surface area (Å²) >= 11 is 0. The van der Waals surface area contributed by atoms with E-state index in [0.717, 1.165) is 6.07 Å². The first kappa shape index (κ1) is 19.5. The summed E-state index contributed by atoms with van der Waals surface area (Å²) in [5.74, 6) is 0. The Kier molecular flexibility index (Phi) is 5.09. The number of hydrazine groups is 1. The molecule has 1 aromatic carbocycles. The van der Waals surface area contributed by atoms with Crippen LogP contribution in [0.5, 0.6) is 0 Å². The molecule has 3 N–H and O–H groups in total. The van der Waals surface area contributed by atoms with Crippen molar-refractivity contribution in [2.24, 2.45) is 0 Å². The number of halogens is 3. The fraction of sp³-hybridized carbons (Fsp3) is 0.533. The summed E-state index contributed by atoms with van der Waals surface area (Å²) in [4.78, 5) is 10.4. The van der Waals surface area contributed by atoms with E-state index in [1.165, 1.54) is 12.1 Å². The molecular weight excluding hydrogens is 340 g/mol. The number of hydrogen-bond donors (Lipinski definition) is 3. The van der Waals surface area contributed by atoms with E-state index in [9.17, 15) is 18.0 Å². The third-order valence-electron chi connectivity index (χ3n) is 4.44. The molecule has 0 radical (unpaired) electrons. The lowest BCUT2D eigenvalue weighted by Gasteiger charge is -2.32. The van der Waals surface area contributed by atoms with Gasteiger partial charge in [0.05, 0.1) is 16.8 Å². The first-order valence-electron chi connectivity index (χ1n) is 7.61. The molecule has 0 spiro atoms. The lowest BCUT2D eigenvalue weighted by molar-refractivity contribution is -0.138. The van der Waals surface area contributed by atoms with Crippen molar-refractivity contribution in [3.63, 3.8) is 0 Å². The smallest absolute Gasteiger partial charge is 0.464 e. The van der Waals surface area contributed by atoms with E-state index in [2.05, 4.69) is 5.43 Å². The van der Waals surface area contributed by atoms with Gasteiger partial charge in [0.25, 0.3) is 0 Å². The highest BCUT2D eigenvalue weighted by Gasteiger charge is 2.52. The van der Waals surface area contributed by atoms with Crippen LogP contribution in [0.2, 0.25) is 0 Å². The predicted molar refractivity (Wildman–Crippen MR) is 85.2 cm³/mol. The van der Waals surface area contributed by atoms with Crippen LogP contribution in [-0.4, -0.2) is 29.5 Å². The van der Waals surface area contributed by atoms with Gasteiger partial charge >= 0.3 is 19.4 Å². The number of carbonyl (C=O) groups is 1. The van der Waals surface area contributed by atoms with Gasteiger partial charge in [-0.2, -0.15) is 13.2 Å². The molecule has 0 aromatic heterocycles. The van der Waals surface area contributed by atoms with Gasteiger partial charge in [-0.05, 0) is 44.8 Å². The molecule has 0 bridgehead atoms. The number of amides is 1. The van der Waals surface area contributed by atoms with Gasteiger partial charge in [0.15, 0.2) is 0 Å². The topological polar surface area (TPSA) is 79.8 Å². The number of carboxylic acid groups (broad SMARTS) is 1. The van der Waals surface area contributed by atoms with Gasteiger partial charge in [0, 0.05) is 6.54 Å². The maximum absolute atomic E-state index is 13.4. The van der Waals surface area contributed by atoms with E-state index < -0.39 is 36.2 Å². The number of rotatable bonds is 4. The largest absolute Gasteiger partial charge is 0.494 e. The summed E-state index contributed by atoms with van der Waals surface area (Å²) in [5.41, 5.74) is 1.98. The SMILES string of the molecule is CC1(C)OB(c2ccc(CNNC(=O)O)c(C(F)(F)F)c2)OC1(C)C. The van der Waals surface area contributed by atoms with Crippen LogP contribution in [-0.2, 0) is 22.0 Å². The molecule has 1 amide bonds. The molecular formula is C15H20BF3N2O4. The fourth-order valence-corrected chi connectivity index (χ4v) is 2.35. The summed E-state index contributed by atoms with van der Waals surface area (Å²) in [6.07, 6.45) is -5.98. The Labute approximate surface area is 143 Å². The van der Waals surface area contributed by atoms with Crippen molar-refractivity contribution in [3.8, 4) is 0 Å². The zero-order chi connectivity index (χ0) is 19.0. The highest BCUT2D eigenvalue weighted by molar-refractivity contribution is 6.62.